The quantitative estimate of drug-likeness (QED) is 0.0384. The Morgan fingerprint density at radius 2 is 0.780 bits per heavy atom. The summed E-state index contributed by atoms with van der Waals surface area (Å²) in [7, 11) is 5.91. The van der Waals surface area contributed by atoms with Gasteiger partial charge in [0, 0.05) is 134 Å². The first-order valence-corrected chi connectivity index (χ1v) is 28.0. The molecule has 9 heterocycles. The number of carbonyl (C=O) groups excluding carboxylic acids is 1. The molecule has 91 heavy (non-hydrogen) atoms. The predicted octanol–water partition coefficient (Wildman–Crippen LogP) is 13.4. The number of nitro groups is 2. The van der Waals surface area contributed by atoms with Gasteiger partial charge < -0.3 is 40.1 Å². The molecule has 25 nitrogen and oxygen atoms in total. The van der Waals surface area contributed by atoms with Crippen molar-refractivity contribution in [3.63, 3.8) is 0 Å². The molecule has 0 radical (unpaired) electrons. The zero-order valence-corrected chi connectivity index (χ0v) is 51.1. The van der Waals surface area contributed by atoms with Crippen molar-refractivity contribution in [1.82, 2.24) is 58.6 Å². The van der Waals surface area contributed by atoms with E-state index in [1.54, 1.807) is 63.2 Å². The van der Waals surface area contributed by atoms with Gasteiger partial charge in [0.05, 0.1) is 71.4 Å². The number of nitrogens with one attached hydrogen (secondary N) is 4. The topological polar surface area (TPSA) is 320 Å². The van der Waals surface area contributed by atoms with Crippen molar-refractivity contribution < 1.29 is 24.5 Å². The molecule has 0 saturated carbocycles. The fraction of sp³-hybridized carbons (Fsp3) is 0.136. The Labute approximate surface area is 521 Å². The number of hydrogen-bond acceptors (Lipinski definition) is 18. The van der Waals surface area contributed by atoms with E-state index in [1.165, 1.54) is 18.2 Å². The molecule has 1 amide bonds. The van der Waals surface area contributed by atoms with Crippen LogP contribution >= 0.6 is 0 Å². The van der Waals surface area contributed by atoms with Crippen molar-refractivity contribution in [1.29, 1.82) is 0 Å². The van der Waals surface area contributed by atoms with Gasteiger partial charge in [-0.05, 0) is 143 Å². The van der Waals surface area contributed by atoms with Crippen LogP contribution in [0.25, 0.3) is 66.9 Å². The summed E-state index contributed by atoms with van der Waals surface area (Å²) in [5.74, 6) is -0.0358. The number of aromatic nitrogens is 12. The maximum atomic E-state index is 11.7. The molecule has 0 atom stereocenters. The molecular weight excluding hydrogens is 1160 g/mol. The monoisotopic (exact) mass is 1220 g/mol. The molecule has 25 heteroatoms. The number of anilines is 7. The zero-order valence-electron chi connectivity index (χ0n) is 51.1. The van der Waals surface area contributed by atoms with Crippen LogP contribution in [-0.2, 0) is 30.7 Å². The fourth-order valence-corrected chi connectivity index (χ4v) is 9.92. The second-order valence-electron chi connectivity index (χ2n) is 20.9. The van der Waals surface area contributed by atoms with Crippen molar-refractivity contribution in [3.05, 3.63) is 226 Å². The average molecular weight is 1220 g/mol. The number of nitro benzene ring substituents is 2. The molecular formula is C66H62N18O7. The maximum absolute atomic E-state index is 11.7. The van der Waals surface area contributed by atoms with E-state index in [-0.39, 0.29) is 27.1 Å². The largest absolute Gasteiger partial charge is 0.478 e. The molecule has 0 fully saturated rings. The first-order valence-electron chi connectivity index (χ1n) is 28.0. The lowest BCUT2D eigenvalue weighted by Gasteiger charge is -2.14. The summed E-state index contributed by atoms with van der Waals surface area (Å²) in [5.41, 5.74) is 18.4. The van der Waals surface area contributed by atoms with E-state index in [2.05, 4.69) is 74.3 Å². The van der Waals surface area contributed by atoms with E-state index in [0.29, 0.717) is 46.0 Å². The van der Waals surface area contributed by atoms with Gasteiger partial charge in [-0.15, -0.1) is 0 Å². The highest BCUT2D eigenvalue weighted by atomic mass is 16.6. The lowest BCUT2D eigenvalue weighted by molar-refractivity contribution is -0.385. The van der Waals surface area contributed by atoms with E-state index in [1.807, 2.05) is 148 Å². The average Bonchev–Trinajstić information content (AvgIpc) is 1.79. The first-order chi connectivity index (χ1) is 43.6. The molecule has 0 bridgehead atoms. The number of carboxylic acids is 1. The highest BCUT2D eigenvalue weighted by Crippen LogP contribution is 2.34. The summed E-state index contributed by atoms with van der Waals surface area (Å²) in [6.07, 6.45) is 18.4. The lowest BCUT2D eigenvalue weighted by atomic mass is 10.1. The second-order valence-corrected chi connectivity index (χ2v) is 20.9. The van der Waals surface area contributed by atoms with Gasteiger partial charge in [-0.25, -0.2) is 34.7 Å². The second kappa shape index (κ2) is 27.5. The number of amides is 1. The molecule has 0 unspecified atom stereocenters. The Morgan fingerprint density at radius 1 is 0.462 bits per heavy atom. The van der Waals surface area contributed by atoms with E-state index < -0.39 is 5.97 Å². The van der Waals surface area contributed by atoms with Crippen molar-refractivity contribution in [3.8, 4) is 33.8 Å². The molecule has 12 rings (SSSR count). The van der Waals surface area contributed by atoms with Crippen LogP contribution in [0.15, 0.2) is 172 Å². The van der Waals surface area contributed by atoms with Crippen molar-refractivity contribution >= 4 is 96.9 Å². The number of aryl methyl sites for hydroxylation is 9. The van der Waals surface area contributed by atoms with E-state index in [4.69, 9.17) is 10.1 Å². The normalized spacial score (nSPS) is 10.6. The minimum atomic E-state index is -0.981. The van der Waals surface area contributed by atoms with Gasteiger partial charge in [-0.1, -0.05) is 19.2 Å². The number of benzene rings is 3. The standard InChI is InChI=1S/C23H22N6O.2C20H18N6O2.C3H4O2/c1-5-21(30)26-18-12-19(15(3)11-14(18)2)28-23-25-10-8-17(27-23)16-13-29(4)20-7-6-9-24-22(16)20;2*1-12-9-13(2)18(26(27)28)10-16(12)24-20-22-8-6-15(23-20)14-11-25(3)17-5-4-7-21-19(14)17;1-2-3(4)5/h5-13H,1H2,2-4H3,(H,26,30)(H,25,27,28);2*4-11H,1-3H3,(H,22,23,24);2H,1H2,(H,4,5). The van der Waals surface area contributed by atoms with Crippen molar-refractivity contribution in [2.75, 3.05) is 21.3 Å². The molecule has 0 spiro atoms. The SMILES string of the molecule is C=CC(=O)Nc1cc(Nc2nccc(-c3cn(C)c4cccnc34)n2)c(C)cc1C.C=CC(=O)O.Cc1cc(C)c([N+](=O)[O-])cc1Nc1nccc(-c2cn(C)c3cccnc23)n1.Cc1cc(C)c([N+](=O)[O-])cc1Nc1nccc(-c2cn(C)c3cccnc23)n1. The van der Waals surface area contributed by atoms with Gasteiger partial charge in [-0.3, -0.25) is 40.0 Å². The first kappa shape index (κ1) is 63.1. The van der Waals surface area contributed by atoms with Crippen LogP contribution in [0.3, 0.4) is 0 Å². The highest BCUT2D eigenvalue weighted by Gasteiger charge is 2.19. The van der Waals surface area contributed by atoms with Gasteiger partial charge >= 0.3 is 5.97 Å². The van der Waals surface area contributed by atoms with Crippen molar-refractivity contribution in [2.45, 2.75) is 41.5 Å². The Hall–Kier alpha value is -12.4. The third kappa shape index (κ3) is 14.5. The third-order valence-electron chi connectivity index (χ3n) is 14.4. The predicted molar refractivity (Wildman–Crippen MR) is 353 cm³/mol. The van der Waals surface area contributed by atoms with Crippen LogP contribution in [0, 0.1) is 61.8 Å². The summed E-state index contributed by atoms with van der Waals surface area (Å²) in [5, 5.41) is 42.4. The van der Waals surface area contributed by atoms with Crippen molar-refractivity contribution in [2.24, 2.45) is 21.1 Å². The van der Waals surface area contributed by atoms with Crippen LogP contribution in [0.5, 0.6) is 0 Å². The fourth-order valence-electron chi connectivity index (χ4n) is 9.92. The molecule has 0 aliphatic heterocycles. The Balaban J connectivity index is 0.000000156. The number of carbonyl (C=O) groups is 2. The molecule has 0 aliphatic carbocycles. The molecule has 9 aromatic heterocycles. The Bertz CT molecular complexity index is 4610. The van der Waals surface area contributed by atoms with E-state index in [9.17, 15) is 29.8 Å². The van der Waals surface area contributed by atoms with Gasteiger partial charge in [0.25, 0.3) is 11.4 Å². The summed E-state index contributed by atoms with van der Waals surface area (Å²) < 4.78 is 6.03. The van der Waals surface area contributed by atoms with Crippen LogP contribution in [0.4, 0.5) is 52.0 Å². The number of aliphatic carboxylic acids is 1. The lowest BCUT2D eigenvalue weighted by Crippen LogP contribution is -2.09. The minimum absolute atomic E-state index is 0.0579. The summed E-state index contributed by atoms with van der Waals surface area (Å²) >= 11 is 0. The number of rotatable bonds is 14. The van der Waals surface area contributed by atoms with Gasteiger partial charge in [0.2, 0.25) is 23.8 Å². The Kier molecular flexibility index (Phi) is 19.1. The summed E-state index contributed by atoms with van der Waals surface area (Å²) in [4.78, 5) is 82.9. The summed E-state index contributed by atoms with van der Waals surface area (Å²) in [6.45, 7) is 17.6. The summed E-state index contributed by atoms with van der Waals surface area (Å²) in [6, 6.07) is 27.7. The molecule has 458 valence electrons. The third-order valence-corrected chi connectivity index (χ3v) is 14.4. The smallest absolute Gasteiger partial charge is 0.327 e. The number of hydrogen-bond donors (Lipinski definition) is 5. The van der Waals surface area contributed by atoms with Crippen LogP contribution < -0.4 is 21.3 Å². The number of carboxylic acid groups (broad SMARTS) is 1. The van der Waals surface area contributed by atoms with E-state index in [0.717, 1.165) is 101 Å². The number of nitrogens with zero attached hydrogens (tertiary/aromatic N) is 14. The van der Waals surface area contributed by atoms with E-state index >= 15 is 0 Å². The van der Waals surface area contributed by atoms with Gasteiger partial charge in [0.15, 0.2) is 0 Å². The highest BCUT2D eigenvalue weighted by molar-refractivity contribution is 6.00. The molecule has 12 aromatic rings. The van der Waals surface area contributed by atoms with Crippen LogP contribution in [0.1, 0.15) is 33.4 Å². The Morgan fingerprint density at radius 3 is 1.10 bits per heavy atom. The van der Waals surface area contributed by atoms with Gasteiger partial charge in [0.1, 0.15) is 0 Å². The van der Waals surface area contributed by atoms with Crippen LogP contribution in [-0.4, -0.2) is 85.4 Å². The number of fused-ring (bicyclic) bond motifs is 3. The zero-order chi connectivity index (χ0) is 65.2. The molecule has 3 aromatic carbocycles. The molecule has 0 aliphatic rings. The minimum Gasteiger partial charge on any atom is -0.478 e. The maximum Gasteiger partial charge on any atom is 0.327 e. The van der Waals surface area contributed by atoms with Crippen LogP contribution in [0.2, 0.25) is 0 Å². The number of pyridine rings is 3. The molecule has 5 N–H and O–H groups in total. The molecule has 0 saturated heterocycles. The van der Waals surface area contributed by atoms with Gasteiger partial charge in [-0.2, -0.15) is 0 Å².